The highest BCUT2D eigenvalue weighted by atomic mass is 32.1. The average molecular weight is 340 g/mol. The summed E-state index contributed by atoms with van der Waals surface area (Å²) in [4.78, 5) is 5.99. The van der Waals surface area contributed by atoms with Crippen LogP contribution in [-0.2, 0) is 0 Å². The van der Waals surface area contributed by atoms with Gasteiger partial charge in [0, 0.05) is 28.2 Å². The zero-order chi connectivity index (χ0) is 16.9. The number of aryl methyl sites for hydroxylation is 1. The molecule has 0 radical (unpaired) electrons. The van der Waals surface area contributed by atoms with Gasteiger partial charge in [-0.05, 0) is 19.1 Å². The molecule has 2 aromatic carbocycles. The van der Waals surface area contributed by atoms with Crippen molar-refractivity contribution in [1.82, 2.24) is 4.98 Å². The first kappa shape index (κ1) is 16.6. The lowest BCUT2D eigenvalue weighted by molar-refractivity contribution is 0.105. The molecule has 3 rings (SSSR count). The van der Waals surface area contributed by atoms with Crippen molar-refractivity contribution in [3.63, 3.8) is 0 Å². The van der Waals surface area contributed by atoms with Gasteiger partial charge in [-0.2, -0.15) is 0 Å². The normalized spacial score (nSPS) is 12.1. The molecule has 0 aliphatic rings. The molecule has 1 unspecified atom stereocenters. The van der Waals surface area contributed by atoms with Crippen LogP contribution < -0.4 is 5.32 Å². The second-order valence-electron chi connectivity index (χ2n) is 5.59. The number of aliphatic hydroxyl groups excluding tert-OH is 2. The molecule has 4 nitrogen and oxygen atoms in total. The zero-order valence-electron chi connectivity index (χ0n) is 13.4. The molecule has 0 amide bonds. The van der Waals surface area contributed by atoms with E-state index in [1.807, 2.05) is 42.5 Å². The Kier molecular flexibility index (Phi) is 5.25. The molecule has 0 bridgehead atoms. The van der Waals surface area contributed by atoms with E-state index in [1.54, 1.807) is 11.3 Å². The lowest BCUT2D eigenvalue weighted by Crippen LogP contribution is -2.22. The maximum Gasteiger partial charge on any atom is 0.124 e. The molecule has 5 heteroatoms. The summed E-state index contributed by atoms with van der Waals surface area (Å²) < 4.78 is 0. The number of nitrogens with zero attached hydrogens (tertiary/aromatic N) is 1. The van der Waals surface area contributed by atoms with Crippen LogP contribution in [-0.4, -0.2) is 34.5 Å². The molecule has 124 valence electrons. The monoisotopic (exact) mass is 340 g/mol. The number of hydrogen-bond donors (Lipinski definition) is 3. The number of thiazole rings is 1. The molecule has 3 N–H and O–H groups in total. The summed E-state index contributed by atoms with van der Waals surface area (Å²) >= 11 is 1.67. The topological polar surface area (TPSA) is 65.4 Å². The van der Waals surface area contributed by atoms with Gasteiger partial charge in [-0.15, -0.1) is 11.3 Å². The average Bonchev–Trinajstić information content (AvgIpc) is 3.02. The van der Waals surface area contributed by atoms with Crippen LogP contribution in [0.4, 0.5) is 5.69 Å². The number of aromatic nitrogens is 1. The van der Waals surface area contributed by atoms with Gasteiger partial charge >= 0.3 is 0 Å². The van der Waals surface area contributed by atoms with E-state index in [9.17, 15) is 5.11 Å². The Labute approximate surface area is 145 Å². The van der Waals surface area contributed by atoms with Crippen LogP contribution in [0, 0.1) is 6.92 Å². The molecule has 3 aromatic rings. The summed E-state index contributed by atoms with van der Waals surface area (Å²) in [6, 6.07) is 18.1. The maximum absolute atomic E-state index is 9.45. The van der Waals surface area contributed by atoms with E-state index in [1.165, 1.54) is 4.88 Å². The lowest BCUT2D eigenvalue weighted by Gasteiger charge is -2.10. The van der Waals surface area contributed by atoms with Gasteiger partial charge < -0.3 is 15.5 Å². The summed E-state index contributed by atoms with van der Waals surface area (Å²) in [7, 11) is 0. The Bertz CT molecular complexity index is 802. The first-order valence-corrected chi connectivity index (χ1v) is 8.65. The molecule has 1 atom stereocenters. The maximum atomic E-state index is 9.45. The first-order valence-electron chi connectivity index (χ1n) is 7.83. The lowest BCUT2D eigenvalue weighted by atomic mass is 10.1. The van der Waals surface area contributed by atoms with Gasteiger partial charge in [0.2, 0.25) is 0 Å². The number of nitrogens with one attached hydrogen (secondary N) is 1. The van der Waals surface area contributed by atoms with Crippen molar-refractivity contribution in [3.05, 3.63) is 59.5 Å². The fourth-order valence-corrected chi connectivity index (χ4v) is 3.38. The zero-order valence-corrected chi connectivity index (χ0v) is 14.3. The number of hydrogen-bond acceptors (Lipinski definition) is 5. The van der Waals surface area contributed by atoms with Crippen LogP contribution in [0.1, 0.15) is 4.88 Å². The summed E-state index contributed by atoms with van der Waals surface area (Å²) in [6.07, 6.45) is -0.763. The highest BCUT2D eigenvalue weighted by molar-refractivity contribution is 7.15. The van der Waals surface area contributed by atoms with Crippen LogP contribution >= 0.6 is 11.3 Å². The SMILES string of the molecule is Cc1sc(-c2cccc(NCC(O)CO)c2)nc1-c1ccccc1. The van der Waals surface area contributed by atoms with E-state index in [0.717, 1.165) is 27.5 Å². The van der Waals surface area contributed by atoms with E-state index in [4.69, 9.17) is 10.1 Å². The summed E-state index contributed by atoms with van der Waals surface area (Å²) in [5.41, 5.74) is 4.07. The molecule has 24 heavy (non-hydrogen) atoms. The Balaban J connectivity index is 1.85. The van der Waals surface area contributed by atoms with Gasteiger partial charge in [0.25, 0.3) is 0 Å². The standard InChI is InChI=1S/C19H20N2O2S/c1-13-18(14-6-3-2-4-7-14)21-19(24-13)15-8-5-9-16(10-15)20-11-17(23)12-22/h2-10,17,20,22-23H,11-12H2,1H3. The van der Waals surface area contributed by atoms with Crippen molar-refractivity contribution in [1.29, 1.82) is 0 Å². The number of aliphatic hydroxyl groups is 2. The van der Waals surface area contributed by atoms with E-state index < -0.39 is 6.10 Å². The Hall–Kier alpha value is -2.21. The van der Waals surface area contributed by atoms with Crippen molar-refractivity contribution in [2.24, 2.45) is 0 Å². The third kappa shape index (κ3) is 3.82. The smallest absolute Gasteiger partial charge is 0.124 e. The molecule has 0 aliphatic heterocycles. The summed E-state index contributed by atoms with van der Waals surface area (Å²) in [6.45, 7) is 2.15. The largest absolute Gasteiger partial charge is 0.394 e. The minimum absolute atomic E-state index is 0.251. The van der Waals surface area contributed by atoms with Gasteiger partial charge in [0.15, 0.2) is 0 Å². The first-order chi connectivity index (χ1) is 11.7. The second kappa shape index (κ2) is 7.57. The van der Waals surface area contributed by atoms with Gasteiger partial charge in [0.1, 0.15) is 5.01 Å². The van der Waals surface area contributed by atoms with Crippen molar-refractivity contribution in [3.8, 4) is 21.8 Å². The van der Waals surface area contributed by atoms with Gasteiger partial charge in [-0.25, -0.2) is 4.98 Å². The summed E-state index contributed by atoms with van der Waals surface area (Å²) in [5, 5.41) is 22.4. The molecule has 0 saturated carbocycles. The number of rotatable bonds is 6. The van der Waals surface area contributed by atoms with Crippen LogP contribution in [0.25, 0.3) is 21.8 Å². The molecule has 1 heterocycles. The number of benzene rings is 2. The molecule has 0 saturated heterocycles. The van der Waals surface area contributed by atoms with Crippen LogP contribution in [0.3, 0.4) is 0 Å². The van der Waals surface area contributed by atoms with E-state index in [-0.39, 0.29) is 6.61 Å². The van der Waals surface area contributed by atoms with E-state index in [0.29, 0.717) is 6.54 Å². The van der Waals surface area contributed by atoms with Gasteiger partial charge in [0.05, 0.1) is 18.4 Å². The Morgan fingerprint density at radius 2 is 1.83 bits per heavy atom. The van der Waals surface area contributed by atoms with Crippen LogP contribution in [0.5, 0.6) is 0 Å². The fraction of sp³-hybridized carbons (Fsp3) is 0.211. The van der Waals surface area contributed by atoms with Gasteiger partial charge in [-0.1, -0.05) is 42.5 Å². The third-order valence-electron chi connectivity index (χ3n) is 3.71. The highest BCUT2D eigenvalue weighted by Gasteiger charge is 2.11. The molecule has 0 fully saturated rings. The molecule has 0 spiro atoms. The quantitative estimate of drug-likeness (QED) is 0.642. The van der Waals surface area contributed by atoms with Crippen LogP contribution in [0.2, 0.25) is 0 Å². The van der Waals surface area contributed by atoms with E-state index >= 15 is 0 Å². The van der Waals surface area contributed by atoms with Crippen LogP contribution in [0.15, 0.2) is 54.6 Å². The fourth-order valence-electron chi connectivity index (χ4n) is 2.45. The predicted octanol–water partition coefficient (Wildman–Crippen LogP) is 3.55. The highest BCUT2D eigenvalue weighted by Crippen LogP contribution is 2.33. The summed E-state index contributed by atoms with van der Waals surface area (Å²) in [5.74, 6) is 0. The van der Waals surface area contributed by atoms with Gasteiger partial charge in [-0.3, -0.25) is 0 Å². The number of anilines is 1. The van der Waals surface area contributed by atoms with Crippen molar-refractivity contribution >= 4 is 17.0 Å². The predicted molar refractivity (Wildman–Crippen MR) is 99.3 cm³/mol. The molecular formula is C19H20N2O2S. The second-order valence-corrected chi connectivity index (χ2v) is 6.79. The Morgan fingerprint density at radius 1 is 1.08 bits per heavy atom. The molecule has 1 aromatic heterocycles. The molecular weight excluding hydrogens is 320 g/mol. The minimum atomic E-state index is -0.763. The van der Waals surface area contributed by atoms with Crippen molar-refractivity contribution in [2.45, 2.75) is 13.0 Å². The van der Waals surface area contributed by atoms with E-state index in [2.05, 4.69) is 24.4 Å². The Morgan fingerprint density at radius 3 is 2.58 bits per heavy atom. The third-order valence-corrected chi connectivity index (χ3v) is 4.73. The minimum Gasteiger partial charge on any atom is -0.394 e. The van der Waals surface area contributed by atoms with Crippen molar-refractivity contribution < 1.29 is 10.2 Å². The van der Waals surface area contributed by atoms with Crippen molar-refractivity contribution in [2.75, 3.05) is 18.5 Å². The molecule has 0 aliphatic carbocycles.